The lowest BCUT2D eigenvalue weighted by Crippen LogP contribution is -2.42. The van der Waals surface area contributed by atoms with Crippen LogP contribution in [0.1, 0.15) is 6.42 Å². The van der Waals surface area contributed by atoms with Gasteiger partial charge in [-0.3, -0.25) is 0 Å². The fourth-order valence-corrected chi connectivity index (χ4v) is 1.78. The van der Waals surface area contributed by atoms with E-state index in [0.717, 1.165) is 23.7 Å². The van der Waals surface area contributed by atoms with E-state index in [1.807, 2.05) is 24.3 Å². The minimum absolute atomic E-state index is 0.0469. The average molecular weight is 212 g/mol. The third-order valence-corrected chi connectivity index (χ3v) is 2.72. The summed E-state index contributed by atoms with van der Waals surface area (Å²) in [5, 5.41) is 7.32. The molecule has 0 spiro atoms. The molecule has 2 unspecified atom stereocenters. The zero-order valence-electron chi connectivity index (χ0n) is 7.83. The standard InChI is InChI=1S/C10H14ClN3/c11-7-1-3-8(4-2-7)14-9-5-6-13-10(9)12/h1-4,9-10,13-14H,5-6,12H2. The maximum absolute atomic E-state index is 5.86. The van der Waals surface area contributed by atoms with Crippen LogP contribution in [-0.2, 0) is 0 Å². The van der Waals surface area contributed by atoms with Crippen LogP contribution >= 0.6 is 11.6 Å². The van der Waals surface area contributed by atoms with Crippen LogP contribution in [0.15, 0.2) is 24.3 Å². The number of benzene rings is 1. The Morgan fingerprint density at radius 3 is 2.64 bits per heavy atom. The summed E-state index contributed by atoms with van der Waals surface area (Å²) < 4.78 is 0. The molecule has 2 rings (SSSR count). The van der Waals surface area contributed by atoms with Crippen LogP contribution in [0.3, 0.4) is 0 Å². The van der Waals surface area contributed by atoms with Crippen molar-refractivity contribution in [1.29, 1.82) is 0 Å². The van der Waals surface area contributed by atoms with Gasteiger partial charge in [0, 0.05) is 10.7 Å². The predicted octanol–water partition coefficient (Wildman–Crippen LogP) is 1.40. The molecule has 1 aromatic rings. The molecule has 0 bridgehead atoms. The van der Waals surface area contributed by atoms with E-state index in [1.54, 1.807) is 0 Å². The van der Waals surface area contributed by atoms with E-state index in [-0.39, 0.29) is 6.17 Å². The van der Waals surface area contributed by atoms with Gasteiger partial charge in [0.2, 0.25) is 0 Å². The molecule has 14 heavy (non-hydrogen) atoms. The van der Waals surface area contributed by atoms with Gasteiger partial charge >= 0.3 is 0 Å². The normalized spacial score (nSPS) is 26.4. The first-order chi connectivity index (χ1) is 6.75. The van der Waals surface area contributed by atoms with E-state index in [1.165, 1.54) is 0 Å². The predicted molar refractivity (Wildman–Crippen MR) is 59.5 cm³/mol. The van der Waals surface area contributed by atoms with E-state index in [2.05, 4.69) is 10.6 Å². The van der Waals surface area contributed by atoms with Gasteiger partial charge in [0.15, 0.2) is 0 Å². The van der Waals surface area contributed by atoms with Crippen LogP contribution in [-0.4, -0.2) is 18.8 Å². The van der Waals surface area contributed by atoms with Crippen molar-refractivity contribution in [2.75, 3.05) is 11.9 Å². The van der Waals surface area contributed by atoms with Gasteiger partial charge in [-0.15, -0.1) is 0 Å². The van der Waals surface area contributed by atoms with E-state index in [0.29, 0.717) is 6.04 Å². The largest absolute Gasteiger partial charge is 0.379 e. The first-order valence-electron chi connectivity index (χ1n) is 4.77. The number of hydrogen-bond acceptors (Lipinski definition) is 3. The molecule has 0 aromatic heterocycles. The summed E-state index contributed by atoms with van der Waals surface area (Å²) in [6, 6.07) is 7.99. The second-order valence-corrected chi connectivity index (χ2v) is 3.96. The Morgan fingerprint density at radius 1 is 1.36 bits per heavy atom. The highest BCUT2D eigenvalue weighted by Crippen LogP contribution is 2.16. The molecule has 0 amide bonds. The maximum Gasteiger partial charge on any atom is 0.0754 e. The molecule has 0 saturated carbocycles. The van der Waals surface area contributed by atoms with Crippen molar-refractivity contribution in [1.82, 2.24) is 5.32 Å². The lowest BCUT2D eigenvalue weighted by molar-refractivity contribution is 0.588. The van der Waals surface area contributed by atoms with Crippen molar-refractivity contribution >= 4 is 17.3 Å². The molecule has 0 aliphatic carbocycles. The van der Waals surface area contributed by atoms with E-state index >= 15 is 0 Å². The molecule has 2 atom stereocenters. The fraction of sp³-hybridized carbons (Fsp3) is 0.400. The monoisotopic (exact) mass is 211 g/mol. The molecule has 1 fully saturated rings. The summed E-state index contributed by atoms with van der Waals surface area (Å²) in [7, 11) is 0. The number of hydrogen-bond donors (Lipinski definition) is 3. The molecule has 3 nitrogen and oxygen atoms in total. The topological polar surface area (TPSA) is 50.1 Å². The molecule has 1 aliphatic rings. The summed E-state index contributed by atoms with van der Waals surface area (Å²) >= 11 is 5.79. The molecule has 76 valence electrons. The summed E-state index contributed by atoms with van der Waals surface area (Å²) in [6.45, 7) is 0.979. The number of anilines is 1. The highest BCUT2D eigenvalue weighted by molar-refractivity contribution is 6.30. The zero-order chi connectivity index (χ0) is 9.97. The van der Waals surface area contributed by atoms with Gasteiger partial charge in [0.25, 0.3) is 0 Å². The first kappa shape index (κ1) is 9.77. The highest BCUT2D eigenvalue weighted by atomic mass is 35.5. The van der Waals surface area contributed by atoms with Crippen LogP contribution in [0.2, 0.25) is 5.02 Å². The van der Waals surface area contributed by atoms with Gasteiger partial charge in [-0.1, -0.05) is 11.6 Å². The molecule has 1 aliphatic heterocycles. The van der Waals surface area contributed by atoms with Gasteiger partial charge in [-0.05, 0) is 37.2 Å². The van der Waals surface area contributed by atoms with Crippen LogP contribution in [0, 0.1) is 0 Å². The Balaban J connectivity index is 2.00. The lowest BCUT2D eigenvalue weighted by Gasteiger charge is -2.18. The summed E-state index contributed by atoms with van der Waals surface area (Å²) in [5.41, 5.74) is 6.93. The van der Waals surface area contributed by atoms with Crippen molar-refractivity contribution in [3.8, 4) is 0 Å². The zero-order valence-corrected chi connectivity index (χ0v) is 8.59. The van der Waals surface area contributed by atoms with Crippen LogP contribution in [0.4, 0.5) is 5.69 Å². The molecule has 4 N–H and O–H groups in total. The lowest BCUT2D eigenvalue weighted by atomic mass is 10.2. The minimum atomic E-state index is 0.0469. The quantitative estimate of drug-likeness (QED) is 0.693. The van der Waals surface area contributed by atoms with Crippen LogP contribution in [0.25, 0.3) is 0 Å². The third kappa shape index (κ3) is 2.18. The van der Waals surface area contributed by atoms with Crippen LogP contribution < -0.4 is 16.4 Å². The Morgan fingerprint density at radius 2 is 2.07 bits per heavy atom. The summed E-state index contributed by atoms with van der Waals surface area (Å²) in [5.74, 6) is 0. The SMILES string of the molecule is NC1NCCC1Nc1ccc(Cl)cc1. The third-order valence-electron chi connectivity index (χ3n) is 2.47. The molecular formula is C10H14ClN3. The fourth-order valence-electron chi connectivity index (χ4n) is 1.65. The second kappa shape index (κ2) is 4.17. The maximum atomic E-state index is 5.86. The van der Waals surface area contributed by atoms with Crippen molar-refractivity contribution in [2.45, 2.75) is 18.6 Å². The van der Waals surface area contributed by atoms with Crippen molar-refractivity contribution < 1.29 is 0 Å². The Hall–Kier alpha value is -0.770. The second-order valence-electron chi connectivity index (χ2n) is 3.53. The highest BCUT2D eigenvalue weighted by Gasteiger charge is 2.22. The Kier molecular flexibility index (Phi) is 2.91. The first-order valence-corrected chi connectivity index (χ1v) is 5.14. The van der Waals surface area contributed by atoms with Gasteiger partial charge in [0.05, 0.1) is 12.2 Å². The number of nitrogens with two attached hydrogens (primary N) is 1. The number of halogens is 1. The van der Waals surface area contributed by atoms with E-state index in [9.17, 15) is 0 Å². The van der Waals surface area contributed by atoms with Gasteiger partial charge in [0.1, 0.15) is 0 Å². The minimum Gasteiger partial charge on any atom is -0.379 e. The van der Waals surface area contributed by atoms with Crippen LogP contribution in [0.5, 0.6) is 0 Å². The molecule has 4 heteroatoms. The van der Waals surface area contributed by atoms with Crippen molar-refractivity contribution in [3.05, 3.63) is 29.3 Å². The number of rotatable bonds is 2. The van der Waals surface area contributed by atoms with Gasteiger partial charge < -0.3 is 16.4 Å². The molecular weight excluding hydrogens is 198 g/mol. The summed E-state index contributed by atoms with van der Waals surface area (Å²) in [4.78, 5) is 0. The molecule has 0 radical (unpaired) electrons. The molecule has 1 heterocycles. The Labute approximate surface area is 88.6 Å². The Bertz CT molecular complexity index is 299. The number of nitrogens with one attached hydrogen (secondary N) is 2. The van der Waals surface area contributed by atoms with E-state index < -0.39 is 0 Å². The van der Waals surface area contributed by atoms with Crippen molar-refractivity contribution in [3.63, 3.8) is 0 Å². The van der Waals surface area contributed by atoms with Gasteiger partial charge in [-0.25, -0.2) is 0 Å². The average Bonchev–Trinajstić information content (AvgIpc) is 2.56. The smallest absolute Gasteiger partial charge is 0.0754 e. The van der Waals surface area contributed by atoms with Gasteiger partial charge in [-0.2, -0.15) is 0 Å². The summed E-state index contributed by atoms with van der Waals surface area (Å²) in [6.07, 6.45) is 1.11. The molecule has 1 saturated heterocycles. The van der Waals surface area contributed by atoms with Crippen molar-refractivity contribution in [2.24, 2.45) is 5.73 Å². The van der Waals surface area contributed by atoms with E-state index in [4.69, 9.17) is 17.3 Å². The molecule has 1 aromatic carbocycles.